The summed E-state index contributed by atoms with van der Waals surface area (Å²) in [4.78, 5) is 22.7. The second kappa shape index (κ2) is 8.29. The molecule has 4 nitrogen and oxygen atoms in total. The SMILES string of the molecule is O=C([O-])CCCC(Cc1ccccc1)(Cc1ccccc1)C(=O)[O-]. The molecule has 0 aromatic heterocycles. The van der Waals surface area contributed by atoms with Crippen molar-refractivity contribution < 1.29 is 19.8 Å². The van der Waals surface area contributed by atoms with Gasteiger partial charge in [-0.25, -0.2) is 0 Å². The maximum atomic E-state index is 12.0. The van der Waals surface area contributed by atoms with Gasteiger partial charge in [0.2, 0.25) is 0 Å². The smallest absolute Gasteiger partial charge is 0.0482 e. The number of hydrogen-bond acceptors (Lipinski definition) is 4. The fourth-order valence-electron chi connectivity index (χ4n) is 3.03. The van der Waals surface area contributed by atoms with Gasteiger partial charge in [0, 0.05) is 17.4 Å². The third-order valence-electron chi connectivity index (χ3n) is 4.24. The van der Waals surface area contributed by atoms with Crippen molar-refractivity contribution in [1.29, 1.82) is 0 Å². The Kier molecular flexibility index (Phi) is 6.13. The summed E-state index contributed by atoms with van der Waals surface area (Å²) in [6, 6.07) is 18.7. The third kappa shape index (κ3) is 4.95. The molecule has 2 aromatic rings. The predicted molar refractivity (Wildman–Crippen MR) is 86.6 cm³/mol. The molecule has 0 saturated heterocycles. The molecule has 2 aromatic carbocycles. The molecule has 0 amide bonds. The molecular weight excluding hydrogens is 304 g/mol. The van der Waals surface area contributed by atoms with Crippen LogP contribution in [0.3, 0.4) is 0 Å². The first-order chi connectivity index (χ1) is 11.5. The van der Waals surface area contributed by atoms with Crippen LogP contribution in [0.1, 0.15) is 30.4 Å². The molecule has 0 saturated carbocycles. The summed E-state index contributed by atoms with van der Waals surface area (Å²) >= 11 is 0. The molecule has 0 aliphatic rings. The molecule has 0 aliphatic heterocycles. The third-order valence-corrected chi connectivity index (χ3v) is 4.24. The van der Waals surface area contributed by atoms with E-state index in [9.17, 15) is 19.8 Å². The van der Waals surface area contributed by atoms with Crippen LogP contribution in [0.5, 0.6) is 0 Å². The summed E-state index contributed by atoms with van der Waals surface area (Å²) in [7, 11) is 0. The van der Waals surface area contributed by atoms with Gasteiger partial charge in [-0.3, -0.25) is 0 Å². The number of rotatable bonds is 9. The molecule has 0 radical (unpaired) electrons. The Labute approximate surface area is 141 Å². The topological polar surface area (TPSA) is 80.3 Å². The molecule has 24 heavy (non-hydrogen) atoms. The number of carbonyl (C=O) groups is 2. The number of hydrogen-bond donors (Lipinski definition) is 0. The van der Waals surface area contributed by atoms with Gasteiger partial charge in [0.15, 0.2) is 0 Å². The van der Waals surface area contributed by atoms with E-state index in [1.54, 1.807) is 0 Å². The average molecular weight is 324 g/mol. The summed E-state index contributed by atoms with van der Waals surface area (Å²) in [5.74, 6) is -2.31. The Bertz CT molecular complexity index is 623. The fourth-order valence-corrected chi connectivity index (χ4v) is 3.03. The lowest BCUT2D eigenvalue weighted by Crippen LogP contribution is -2.45. The van der Waals surface area contributed by atoms with Gasteiger partial charge in [-0.1, -0.05) is 60.7 Å². The van der Waals surface area contributed by atoms with Crippen molar-refractivity contribution in [3.8, 4) is 0 Å². The van der Waals surface area contributed by atoms with Crippen LogP contribution in [0.15, 0.2) is 60.7 Å². The summed E-state index contributed by atoms with van der Waals surface area (Å²) < 4.78 is 0. The Morgan fingerprint density at radius 1 is 0.792 bits per heavy atom. The maximum Gasteiger partial charge on any atom is 0.0482 e. The molecule has 0 unspecified atom stereocenters. The number of carbonyl (C=O) groups excluding carboxylic acids is 2. The van der Waals surface area contributed by atoms with Gasteiger partial charge in [0.25, 0.3) is 0 Å². The first kappa shape index (κ1) is 17.7. The molecule has 0 aliphatic carbocycles. The maximum absolute atomic E-state index is 12.0. The first-order valence-electron chi connectivity index (χ1n) is 8.01. The monoisotopic (exact) mass is 324 g/mol. The minimum Gasteiger partial charge on any atom is -0.550 e. The van der Waals surface area contributed by atoms with Crippen LogP contribution in [-0.4, -0.2) is 11.9 Å². The highest BCUT2D eigenvalue weighted by Crippen LogP contribution is 2.33. The quantitative estimate of drug-likeness (QED) is 0.692. The predicted octanol–water partition coefficient (Wildman–Crippen LogP) is 1.13. The Balaban J connectivity index is 2.28. The van der Waals surface area contributed by atoms with E-state index < -0.39 is 17.4 Å². The van der Waals surface area contributed by atoms with Crippen LogP contribution >= 0.6 is 0 Å². The largest absolute Gasteiger partial charge is 0.550 e. The highest BCUT2D eigenvalue weighted by molar-refractivity contribution is 5.73. The molecule has 0 fully saturated rings. The number of carboxylic acids is 2. The minimum absolute atomic E-state index is 0.154. The lowest BCUT2D eigenvalue weighted by molar-refractivity contribution is -0.320. The molecule has 2 rings (SSSR count). The van der Waals surface area contributed by atoms with Gasteiger partial charge in [0.05, 0.1) is 0 Å². The highest BCUT2D eigenvalue weighted by atomic mass is 16.4. The normalized spacial score (nSPS) is 11.2. The Morgan fingerprint density at radius 2 is 1.25 bits per heavy atom. The van der Waals surface area contributed by atoms with E-state index in [0.29, 0.717) is 12.8 Å². The van der Waals surface area contributed by atoms with Crippen molar-refractivity contribution >= 4 is 11.9 Å². The summed E-state index contributed by atoms with van der Waals surface area (Å²) in [6.07, 6.45) is 0.928. The molecule has 0 N–H and O–H groups in total. The summed E-state index contributed by atoms with van der Waals surface area (Å²) in [6.45, 7) is 0. The average Bonchev–Trinajstić information content (AvgIpc) is 2.56. The van der Waals surface area contributed by atoms with Crippen LogP contribution < -0.4 is 10.2 Å². The molecule has 4 heteroatoms. The van der Waals surface area contributed by atoms with Crippen molar-refractivity contribution in [2.24, 2.45) is 5.41 Å². The summed E-state index contributed by atoms with van der Waals surface area (Å²) in [5.41, 5.74) is 0.648. The van der Waals surface area contributed by atoms with Gasteiger partial charge < -0.3 is 19.8 Å². The summed E-state index contributed by atoms with van der Waals surface area (Å²) in [5, 5.41) is 22.7. The van der Waals surface area contributed by atoms with Crippen molar-refractivity contribution in [1.82, 2.24) is 0 Å². The van der Waals surface area contributed by atoms with Gasteiger partial charge in [-0.2, -0.15) is 0 Å². The van der Waals surface area contributed by atoms with Crippen molar-refractivity contribution in [2.75, 3.05) is 0 Å². The molecule has 0 atom stereocenters. The van der Waals surface area contributed by atoms with E-state index in [1.165, 1.54) is 0 Å². The van der Waals surface area contributed by atoms with Crippen LogP contribution in [0.2, 0.25) is 0 Å². The molecular formula is C20H20O4-2. The second-order valence-corrected chi connectivity index (χ2v) is 6.12. The van der Waals surface area contributed by atoms with E-state index in [1.807, 2.05) is 60.7 Å². The molecule has 0 spiro atoms. The van der Waals surface area contributed by atoms with E-state index in [0.717, 1.165) is 11.1 Å². The molecule has 0 bridgehead atoms. The van der Waals surface area contributed by atoms with Gasteiger partial charge >= 0.3 is 0 Å². The van der Waals surface area contributed by atoms with Gasteiger partial charge in [-0.05, 0) is 43.2 Å². The Hall–Kier alpha value is -2.62. The minimum atomic E-state index is -1.17. The standard InChI is InChI=1S/C20H22O4/c21-18(22)12-7-13-20(19(23)24,14-16-8-3-1-4-9-16)15-17-10-5-2-6-11-17/h1-6,8-11H,7,12-15H2,(H,21,22)(H,23,24)/p-2. The Morgan fingerprint density at radius 3 is 1.62 bits per heavy atom. The van der Waals surface area contributed by atoms with Crippen LogP contribution in [0, 0.1) is 5.41 Å². The van der Waals surface area contributed by atoms with Crippen LogP contribution in [0.4, 0.5) is 0 Å². The van der Waals surface area contributed by atoms with Gasteiger partial charge in [0.1, 0.15) is 0 Å². The molecule has 0 heterocycles. The van der Waals surface area contributed by atoms with E-state index >= 15 is 0 Å². The molecule has 126 valence electrons. The zero-order valence-electron chi connectivity index (χ0n) is 13.4. The zero-order valence-corrected chi connectivity index (χ0v) is 13.4. The second-order valence-electron chi connectivity index (χ2n) is 6.12. The van der Waals surface area contributed by atoms with Crippen molar-refractivity contribution in [3.63, 3.8) is 0 Å². The zero-order chi connectivity index (χ0) is 17.4. The lowest BCUT2D eigenvalue weighted by Gasteiger charge is -2.36. The van der Waals surface area contributed by atoms with Crippen LogP contribution in [0.25, 0.3) is 0 Å². The van der Waals surface area contributed by atoms with E-state index in [-0.39, 0.29) is 19.3 Å². The number of benzene rings is 2. The van der Waals surface area contributed by atoms with Gasteiger partial charge in [-0.15, -0.1) is 0 Å². The van der Waals surface area contributed by atoms with Crippen LogP contribution in [-0.2, 0) is 22.4 Å². The number of aliphatic carboxylic acids is 2. The fraction of sp³-hybridized carbons (Fsp3) is 0.300. The van der Waals surface area contributed by atoms with E-state index in [4.69, 9.17) is 0 Å². The van der Waals surface area contributed by atoms with E-state index in [2.05, 4.69) is 0 Å². The lowest BCUT2D eigenvalue weighted by atomic mass is 9.73. The van der Waals surface area contributed by atoms with Crippen molar-refractivity contribution in [3.05, 3.63) is 71.8 Å². The van der Waals surface area contributed by atoms with Crippen molar-refractivity contribution in [2.45, 2.75) is 32.1 Å². The first-order valence-corrected chi connectivity index (χ1v) is 8.01. The number of carboxylic acid groups (broad SMARTS) is 2. The highest BCUT2D eigenvalue weighted by Gasteiger charge is 2.32.